The molecule has 1 aliphatic rings. The Labute approximate surface area is 106 Å². The molecule has 0 aromatic carbocycles. The van der Waals surface area contributed by atoms with Gasteiger partial charge in [0, 0.05) is 4.88 Å². The lowest BCUT2D eigenvalue weighted by Gasteiger charge is -2.35. The normalized spacial score (nSPS) is 28.9. The summed E-state index contributed by atoms with van der Waals surface area (Å²) in [5, 5.41) is 4.98. The van der Waals surface area contributed by atoms with E-state index >= 15 is 0 Å². The highest BCUT2D eigenvalue weighted by molar-refractivity contribution is 7.09. The number of thiophene rings is 1. The molecule has 1 aliphatic carbocycles. The molecule has 1 aromatic heterocycles. The van der Waals surface area contributed by atoms with Crippen molar-refractivity contribution < 1.29 is 4.79 Å². The Morgan fingerprint density at radius 3 is 3.18 bits per heavy atom. The Bertz CT molecular complexity index is 377. The van der Waals surface area contributed by atoms with Gasteiger partial charge in [-0.1, -0.05) is 25.8 Å². The van der Waals surface area contributed by atoms with Gasteiger partial charge in [0.2, 0.25) is 5.91 Å². The van der Waals surface area contributed by atoms with E-state index < -0.39 is 5.54 Å². The van der Waals surface area contributed by atoms with Crippen LogP contribution in [0.3, 0.4) is 0 Å². The molecular formula is C13H20N2OS. The highest BCUT2D eigenvalue weighted by Gasteiger charge is 2.37. The van der Waals surface area contributed by atoms with Crippen LogP contribution in [-0.2, 0) is 11.3 Å². The van der Waals surface area contributed by atoms with Gasteiger partial charge in [-0.05, 0) is 30.2 Å². The van der Waals surface area contributed by atoms with Crippen molar-refractivity contribution in [2.75, 3.05) is 0 Å². The Morgan fingerprint density at radius 2 is 2.53 bits per heavy atom. The summed E-state index contributed by atoms with van der Waals surface area (Å²) < 4.78 is 0. The van der Waals surface area contributed by atoms with E-state index in [1.807, 2.05) is 17.5 Å². The zero-order valence-electron chi connectivity index (χ0n) is 10.2. The van der Waals surface area contributed by atoms with Crippen LogP contribution in [0.15, 0.2) is 17.5 Å². The summed E-state index contributed by atoms with van der Waals surface area (Å²) in [6.07, 6.45) is 3.87. The van der Waals surface area contributed by atoms with E-state index in [0.717, 1.165) is 19.3 Å². The molecule has 1 fully saturated rings. The first-order chi connectivity index (χ1) is 8.10. The second-order valence-corrected chi connectivity index (χ2v) is 6.15. The summed E-state index contributed by atoms with van der Waals surface area (Å²) in [5.74, 6) is 0.568. The van der Waals surface area contributed by atoms with Crippen LogP contribution >= 0.6 is 11.3 Å². The molecule has 1 saturated carbocycles. The lowest BCUT2D eigenvalue weighted by atomic mass is 9.76. The van der Waals surface area contributed by atoms with Crippen molar-refractivity contribution in [3.8, 4) is 0 Å². The minimum absolute atomic E-state index is 0.0115. The molecule has 0 radical (unpaired) electrons. The Balaban J connectivity index is 1.90. The standard InChI is InChI=1S/C13H20N2OS/c1-10-4-2-6-13(14,8-10)12(16)15-9-11-5-3-7-17-11/h3,5,7,10H,2,4,6,8-9,14H2,1H3,(H,15,16). The minimum atomic E-state index is -0.644. The van der Waals surface area contributed by atoms with Crippen LogP contribution in [0.1, 0.15) is 37.5 Å². The summed E-state index contributed by atoms with van der Waals surface area (Å²) in [7, 11) is 0. The summed E-state index contributed by atoms with van der Waals surface area (Å²) >= 11 is 1.66. The molecule has 3 nitrogen and oxygen atoms in total. The number of carbonyl (C=O) groups is 1. The van der Waals surface area contributed by atoms with Crippen LogP contribution in [0.5, 0.6) is 0 Å². The second kappa shape index (κ2) is 5.19. The zero-order valence-corrected chi connectivity index (χ0v) is 11.1. The monoisotopic (exact) mass is 252 g/mol. The summed E-state index contributed by atoms with van der Waals surface area (Å²) in [6, 6.07) is 4.02. The third-order valence-electron chi connectivity index (χ3n) is 3.49. The number of carbonyl (C=O) groups excluding carboxylic acids is 1. The third-order valence-corrected chi connectivity index (χ3v) is 4.36. The quantitative estimate of drug-likeness (QED) is 0.867. The number of rotatable bonds is 3. The topological polar surface area (TPSA) is 55.1 Å². The maximum Gasteiger partial charge on any atom is 0.240 e. The second-order valence-electron chi connectivity index (χ2n) is 5.12. The lowest BCUT2D eigenvalue weighted by Crippen LogP contribution is -2.56. The Kier molecular flexibility index (Phi) is 3.84. The molecule has 3 N–H and O–H groups in total. The van der Waals surface area contributed by atoms with Gasteiger partial charge in [-0.25, -0.2) is 0 Å². The number of hydrogen-bond acceptors (Lipinski definition) is 3. The van der Waals surface area contributed by atoms with Crippen LogP contribution in [0.25, 0.3) is 0 Å². The van der Waals surface area contributed by atoms with Crippen molar-refractivity contribution in [1.29, 1.82) is 0 Å². The fourth-order valence-corrected chi connectivity index (χ4v) is 3.20. The largest absolute Gasteiger partial charge is 0.350 e. The van der Waals surface area contributed by atoms with Crippen molar-refractivity contribution in [2.24, 2.45) is 11.7 Å². The number of nitrogens with two attached hydrogens (primary N) is 1. The van der Waals surface area contributed by atoms with E-state index in [0.29, 0.717) is 12.5 Å². The van der Waals surface area contributed by atoms with Crippen molar-refractivity contribution in [2.45, 2.75) is 44.7 Å². The van der Waals surface area contributed by atoms with Crippen LogP contribution in [-0.4, -0.2) is 11.4 Å². The molecule has 2 atom stereocenters. The van der Waals surface area contributed by atoms with Gasteiger partial charge in [0.05, 0.1) is 12.1 Å². The molecule has 2 rings (SSSR count). The molecule has 4 heteroatoms. The molecule has 1 amide bonds. The molecule has 94 valence electrons. The highest BCUT2D eigenvalue weighted by Crippen LogP contribution is 2.30. The predicted octanol–water partition coefficient (Wildman–Crippen LogP) is 2.27. The van der Waals surface area contributed by atoms with E-state index in [4.69, 9.17) is 5.73 Å². The van der Waals surface area contributed by atoms with Gasteiger partial charge < -0.3 is 11.1 Å². The van der Waals surface area contributed by atoms with Crippen molar-refractivity contribution in [3.63, 3.8) is 0 Å². The van der Waals surface area contributed by atoms with Gasteiger partial charge in [0.1, 0.15) is 0 Å². The van der Waals surface area contributed by atoms with Gasteiger partial charge >= 0.3 is 0 Å². The smallest absolute Gasteiger partial charge is 0.240 e. The zero-order chi connectivity index (χ0) is 12.3. The van der Waals surface area contributed by atoms with Gasteiger partial charge in [-0.15, -0.1) is 11.3 Å². The minimum Gasteiger partial charge on any atom is -0.350 e. The molecule has 0 bridgehead atoms. The van der Waals surface area contributed by atoms with Gasteiger partial charge in [-0.3, -0.25) is 4.79 Å². The van der Waals surface area contributed by atoms with Gasteiger partial charge in [0.25, 0.3) is 0 Å². The molecular weight excluding hydrogens is 232 g/mol. The molecule has 17 heavy (non-hydrogen) atoms. The molecule has 0 spiro atoms. The van der Waals surface area contributed by atoms with E-state index in [1.165, 1.54) is 11.3 Å². The van der Waals surface area contributed by atoms with Crippen molar-refractivity contribution in [1.82, 2.24) is 5.32 Å². The first-order valence-electron chi connectivity index (χ1n) is 6.20. The molecule has 2 unspecified atom stereocenters. The SMILES string of the molecule is CC1CCCC(N)(C(=O)NCc2cccs2)C1. The molecule has 1 heterocycles. The fourth-order valence-electron chi connectivity index (χ4n) is 2.55. The van der Waals surface area contributed by atoms with Crippen LogP contribution < -0.4 is 11.1 Å². The highest BCUT2D eigenvalue weighted by atomic mass is 32.1. The van der Waals surface area contributed by atoms with Gasteiger partial charge in [0.15, 0.2) is 0 Å². The Morgan fingerprint density at radius 1 is 1.71 bits per heavy atom. The number of hydrogen-bond donors (Lipinski definition) is 2. The van der Waals surface area contributed by atoms with Crippen molar-refractivity contribution >= 4 is 17.2 Å². The van der Waals surface area contributed by atoms with E-state index in [1.54, 1.807) is 11.3 Å². The van der Waals surface area contributed by atoms with E-state index in [9.17, 15) is 4.79 Å². The summed E-state index contributed by atoms with van der Waals surface area (Å²) in [6.45, 7) is 2.77. The first kappa shape index (κ1) is 12.6. The molecule has 1 aromatic rings. The average molecular weight is 252 g/mol. The van der Waals surface area contributed by atoms with Crippen LogP contribution in [0.2, 0.25) is 0 Å². The predicted molar refractivity (Wildman–Crippen MR) is 70.7 cm³/mol. The maximum atomic E-state index is 12.1. The lowest BCUT2D eigenvalue weighted by molar-refractivity contribution is -0.128. The van der Waals surface area contributed by atoms with Crippen LogP contribution in [0, 0.1) is 5.92 Å². The van der Waals surface area contributed by atoms with Crippen molar-refractivity contribution in [3.05, 3.63) is 22.4 Å². The van der Waals surface area contributed by atoms with Crippen LogP contribution in [0.4, 0.5) is 0 Å². The van der Waals surface area contributed by atoms with Gasteiger partial charge in [-0.2, -0.15) is 0 Å². The average Bonchev–Trinajstić information content (AvgIpc) is 2.78. The van der Waals surface area contributed by atoms with E-state index in [-0.39, 0.29) is 5.91 Å². The fraction of sp³-hybridized carbons (Fsp3) is 0.615. The summed E-state index contributed by atoms with van der Waals surface area (Å²) in [5.41, 5.74) is 5.58. The first-order valence-corrected chi connectivity index (χ1v) is 7.08. The molecule has 0 saturated heterocycles. The summed E-state index contributed by atoms with van der Waals surface area (Å²) in [4.78, 5) is 13.3. The Hall–Kier alpha value is -0.870. The number of amides is 1. The molecule has 0 aliphatic heterocycles. The number of nitrogens with one attached hydrogen (secondary N) is 1. The maximum absolute atomic E-state index is 12.1. The third kappa shape index (κ3) is 3.07. The van der Waals surface area contributed by atoms with E-state index in [2.05, 4.69) is 12.2 Å².